The summed E-state index contributed by atoms with van der Waals surface area (Å²) in [5.41, 5.74) is 7.26. The minimum atomic E-state index is -2.90. The zero-order valence-corrected chi connectivity index (χ0v) is 11.6. The van der Waals surface area contributed by atoms with Crippen molar-refractivity contribution in [2.24, 2.45) is 0 Å². The van der Waals surface area contributed by atoms with Gasteiger partial charge in [-0.2, -0.15) is 0 Å². The molecule has 0 unspecified atom stereocenters. The van der Waals surface area contributed by atoms with Gasteiger partial charge in [0.05, 0.1) is 23.7 Å². The van der Waals surface area contributed by atoms with Gasteiger partial charge in [-0.15, -0.1) is 0 Å². The highest BCUT2D eigenvalue weighted by atomic mass is 32.2. The third kappa shape index (κ3) is 4.83. The van der Waals surface area contributed by atoms with Crippen LogP contribution in [0.5, 0.6) is 5.75 Å². The standard InChI is InChI=1S/C12H20N2O3S/c1-3-17-11-7-4-6-10(12(11)13)14-8-5-9-18(2,15)16/h4,6-7,14H,3,5,8-9,13H2,1-2H3. The van der Waals surface area contributed by atoms with Crippen LogP contribution in [0.15, 0.2) is 18.2 Å². The van der Waals surface area contributed by atoms with Gasteiger partial charge in [0.1, 0.15) is 15.6 Å². The minimum Gasteiger partial charge on any atom is -0.492 e. The van der Waals surface area contributed by atoms with Crippen molar-refractivity contribution in [3.05, 3.63) is 18.2 Å². The van der Waals surface area contributed by atoms with Gasteiger partial charge in [-0.05, 0) is 25.5 Å². The first-order valence-electron chi connectivity index (χ1n) is 5.87. The first kappa shape index (κ1) is 14.6. The van der Waals surface area contributed by atoms with Crippen LogP contribution >= 0.6 is 0 Å². The van der Waals surface area contributed by atoms with Crippen LogP contribution in [0.25, 0.3) is 0 Å². The maximum Gasteiger partial charge on any atom is 0.147 e. The van der Waals surface area contributed by atoms with Crippen molar-refractivity contribution in [1.29, 1.82) is 0 Å². The van der Waals surface area contributed by atoms with Crippen molar-refractivity contribution in [3.63, 3.8) is 0 Å². The van der Waals surface area contributed by atoms with Crippen LogP contribution in [-0.4, -0.2) is 33.6 Å². The summed E-state index contributed by atoms with van der Waals surface area (Å²) in [6.07, 6.45) is 1.79. The number of nitrogens with two attached hydrogens (primary N) is 1. The summed E-state index contributed by atoms with van der Waals surface area (Å²) in [6, 6.07) is 5.50. The summed E-state index contributed by atoms with van der Waals surface area (Å²) in [6.45, 7) is 3.01. The molecule has 0 aromatic heterocycles. The molecule has 0 radical (unpaired) electrons. The van der Waals surface area contributed by atoms with E-state index < -0.39 is 9.84 Å². The normalized spacial score (nSPS) is 11.2. The third-order valence-corrected chi connectivity index (χ3v) is 3.40. The number of para-hydroxylation sites is 1. The quantitative estimate of drug-likeness (QED) is 0.581. The number of rotatable bonds is 7. The Morgan fingerprint density at radius 3 is 2.72 bits per heavy atom. The van der Waals surface area contributed by atoms with Gasteiger partial charge in [0, 0.05) is 12.8 Å². The molecule has 5 nitrogen and oxygen atoms in total. The Bertz CT molecular complexity index is 486. The van der Waals surface area contributed by atoms with Crippen LogP contribution in [-0.2, 0) is 9.84 Å². The number of hydrogen-bond acceptors (Lipinski definition) is 5. The zero-order valence-electron chi connectivity index (χ0n) is 10.8. The Balaban J connectivity index is 2.55. The van der Waals surface area contributed by atoms with E-state index in [0.717, 1.165) is 5.69 Å². The number of ether oxygens (including phenoxy) is 1. The lowest BCUT2D eigenvalue weighted by Gasteiger charge is -2.12. The van der Waals surface area contributed by atoms with Crippen molar-refractivity contribution in [3.8, 4) is 5.75 Å². The molecule has 0 bridgehead atoms. The third-order valence-electron chi connectivity index (χ3n) is 2.37. The van der Waals surface area contributed by atoms with Gasteiger partial charge in [0.2, 0.25) is 0 Å². The fourth-order valence-corrected chi connectivity index (χ4v) is 2.21. The topological polar surface area (TPSA) is 81.4 Å². The van der Waals surface area contributed by atoms with E-state index in [-0.39, 0.29) is 5.75 Å². The molecular weight excluding hydrogens is 252 g/mol. The fourth-order valence-electron chi connectivity index (χ4n) is 1.54. The number of sulfone groups is 1. The van der Waals surface area contributed by atoms with Gasteiger partial charge in [-0.25, -0.2) is 8.42 Å². The van der Waals surface area contributed by atoms with E-state index in [1.165, 1.54) is 6.26 Å². The maximum atomic E-state index is 11.0. The van der Waals surface area contributed by atoms with Crippen LogP contribution in [0.2, 0.25) is 0 Å². The molecule has 1 aromatic rings. The first-order valence-corrected chi connectivity index (χ1v) is 7.93. The SMILES string of the molecule is CCOc1cccc(NCCCS(C)(=O)=O)c1N. The van der Waals surface area contributed by atoms with E-state index in [1.54, 1.807) is 6.07 Å². The summed E-state index contributed by atoms with van der Waals surface area (Å²) in [7, 11) is -2.90. The van der Waals surface area contributed by atoms with Crippen molar-refractivity contribution in [1.82, 2.24) is 0 Å². The summed E-state index contributed by atoms with van der Waals surface area (Å²) in [5, 5.41) is 3.11. The molecule has 0 aliphatic rings. The molecule has 0 aliphatic carbocycles. The molecular formula is C12H20N2O3S. The van der Waals surface area contributed by atoms with Gasteiger partial charge in [-0.1, -0.05) is 6.07 Å². The van der Waals surface area contributed by atoms with E-state index >= 15 is 0 Å². The number of nitrogen functional groups attached to an aromatic ring is 1. The molecule has 3 N–H and O–H groups in total. The van der Waals surface area contributed by atoms with E-state index in [0.29, 0.717) is 31.0 Å². The number of nitrogens with one attached hydrogen (secondary N) is 1. The molecule has 0 saturated heterocycles. The summed E-state index contributed by atoms with van der Waals surface area (Å²) in [4.78, 5) is 0. The first-order chi connectivity index (χ1) is 8.44. The highest BCUT2D eigenvalue weighted by molar-refractivity contribution is 7.90. The van der Waals surface area contributed by atoms with Crippen LogP contribution in [0.3, 0.4) is 0 Å². The molecule has 0 aliphatic heterocycles. The number of anilines is 2. The lowest BCUT2D eigenvalue weighted by molar-refractivity contribution is 0.342. The van der Waals surface area contributed by atoms with Crippen LogP contribution in [0.4, 0.5) is 11.4 Å². The van der Waals surface area contributed by atoms with Gasteiger partial charge in [0.15, 0.2) is 0 Å². The molecule has 0 spiro atoms. The number of benzene rings is 1. The molecule has 102 valence electrons. The molecule has 0 heterocycles. The Morgan fingerprint density at radius 1 is 1.39 bits per heavy atom. The maximum absolute atomic E-state index is 11.0. The van der Waals surface area contributed by atoms with Gasteiger partial charge < -0.3 is 15.8 Å². The van der Waals surface area contributed by atoms with Gasteiger partial charge >= 0.3 is 0 Å². The Labute approximate surface area is 108 Å². The van der Waals surface area contributed by atoms with E-state index in [2.05, 4.69) is 5.32 Å². The van der Waals surface area contributed by atoms with Crippen molar-refractivity contribution < 1.29 is 13.2 Å². The largest absolute Gasteiger partial charge is 0.492 e. The second-order valence-electron chi connectivity index (χ2n) is 4.06. The summed E-state index contributed by atoms with van der Waals surface area (Å²) >= 11 is 0. The molecule has 0 atom stereocenters. The highest BCUT2D eigenvalue weighted by Crippen LogP contribution is 2.29. The number of hydrogen-bond donors (Lipinski definition) is 2. The van der Waals surface area contributed by atoms with Crippen molar-refractivity contribution in [2.45, 2.75) is 13.3 Å². The molecule has 0 fully saturated rings. The lowest BCUT2D eigenvalue weighted by atomic mass is 10.2. The van der Waals surface area contributed by atoms with Gasteiger partial charge in [-0.3, -0.25) is 0 Å². The van der Waals surface area contributed by atoms with E-state index in [1.807, 2.05) is 19.1 Å². The van der Waals surface area contributed by atoms with Crippen molar-refractivity contribution >= 4 is 21.2 Å². The highest BCUT2D eigenvalue weighted by Gasteiger charge is 2.06. The zero-order chi connectivity index (χ0) is 13.6. The Hall–Kier alpha value is -1.43. The molecule has 1 aromatic carbocycles. The second kappa shape index (κ2) is 6.49. The average molecular weight is 272 g/mol. The Morgan fingerprint density at radius 2 is 2.11 bits per heavy atom. The molecule has 1 rings (SSSR count). The van der Waals surface area contributed by atoms with Crippen LogP contribution < -0.4 is 15.8 Å². The Kier molecular flexibility index (Phi) is 5.27. The minimum absolute atomic E-state index is 0.172. The molecule has 0 amide bonds. The molecule has 18 heavy (non-hydrogen) atoms. The second-order valence-corrected chi connectivity index (χ2v) is 6.32. The van der Waals surface area contributed by atoms with E-state index in [9.17, 15) is 8.42 Å². The monoisotopic (exact) mass is 272 g/mol. The smallest absolute Gasteiger partial charge is 0.147 e. The summed E-state index contributed by atoms with van der Waals surface area (Å²) in [5.74, 6) is 0.816. The summed E-state index contributed by atoms with van der Waals surface area (Å²) < 4.78 is 27.3. The van der Waals surface area contributed by atoms with Crippen LogP contribution in [0.1, 0.15) is 13.3 Å². The average Bonchev–Trinajstić information content (AvgIpc) is 2.28. The van der Waals surface area contributed by atoms with Crippen LogP contribution in [0, 0.1) is 0 Å². The van der Waals surface area contributed by atoms with Gasteiger partial charge in [0.25, 0.3) is 0 Å². The van der Waals surface area contributed by atoms with Crippen molar-refractivity contribution in [2.75, 3.05) is 36.2 Å². The molecule has 6 heteroatoms. The fraction of sp³-hybridized carbons (Fsp3) is 0.500. The predicted octanol–water partition coefficient (Wildman–Crippen LogP) is 1.51. The molecule has 0 saturated carbocycles. The predicted molar refractivity (Wildman–Crippen MR) is 74.8 cm³/mol. The lowest BCUT2D eigenvalue weighted by Crippen LogP contribution is -2.11. The van der Waals surface area contributed by atoms with E-state index in [4.69, 9.17) is 10.5 Å².